The first-order chi connectivity index (χ1) is 9.34. The number of rotatable bonds is 3. The van der Waals surface area contributed by atoms with E-state index in [1.807, 2.05) is 35.0 Å². The lowest BCUT2D eigenvalue weighted by Gasteiger charge is -2.33. The first kappa shape index (κ1) is 12.3. The third-order valence-electron chi connectivity index (χ3n) is 3.52. The molecule has 1 N–H and O–H groups in total. The van der Waals surface area contributed by atoms with Gasteiger partial charge in [-0.1, -0.05) is 18.2 Å². The predicted molar refractivity (Wildman–Crippen MR) is 71.9 cm³/mol. The second-order valence-corrected chi connectivity index (χ2v) is 4.87. The van der Waals surface area contributed by atoms with Crippen LogP contribution in [0.1, 0.15) is 12.7 Å². The van der Waals surface area contributed by atoms with Crippen LogP contribution in [0.2, 0.25) is 0 Å². The zero-order chi connectivity index (χ0) is 13.1. The van der Waals surface area contributed by atoms with E-state index < -0.39 is 0 Å². The predicted octanol–water partition coefficient (Wildman–Crippen LogP) is 0.456. The molecule has 3 rings (SSSR count). The Balaban J connectivity index is 1.81. The summed E-state index contributed by atoms with van der Waals surface area (Å²) in [6, 6.07) is 10.5. The first-order valence-electron chi connectivity index (χ1n) is 6.62. The number of hydrogen-bond acceptors (Lipinski definition) is 5. The molecule has 1 saturated heterocycles. The zero-order valence-corrected chi connectivity index (χ0v) is 11.0. The first-order valence-corrected chi connectivity index (χ1v) is 6.62. The van der Waals surface area contributed by atoms with Gasteiger partial charge in [-0.15, -0.1) is 5.10 Å². The summed E-state index contributed by atoms with van der Waals surface area (Å²) in [6.45, 7) is 6.08. The summed E-state index contributed by atoms with van der Waals surface area (Å²) in [5, 5.41) is 15.5. The Bertz CT molecular complexity index is 523. The van der Waals surface area contributed by atoms with Gasteiger partial charge in [-0.3, -0.25) is 4.90 Å². The van der Waals surface area contributed by atoms with Crippen LogP contribution >= 0.6 is 0 Å². The fourth-order valence-electron chi connectivity index (χ4n) is 2.37. The van der Waals surface area contributed by atoms with Crippen LogP contribution in [-0.4, -0.2) is 50.8 Å². The minimum atomic E-state index is 0.509. The van der Waals surface area contributed by atoms with E-state index >= 15 is 0 Å². The number of aromatic nitrogens is 4. The molecule has 0 radical (unpaired) electrons. The number of tetrazole rings is 1. The van der Waals surface area contributed by atoms with Crippen LogP contribution in [0.25, 0.3) is 5.69 Å². The Kier molecular flexibility index (Phi) is 3.52. The molecule has 0 amide bonds. The molecule has 1 aromatic carbocycles. The molecule has 1 aliphatic rings. The lowest BCUT2D eigenvalue weighted by atomic mass is 10.2. The van der Waals surface area contributed by atoms with Crippen molar-refractivity contribution in [3.63, 3.8) is 0 Å². The molecule has 1 fully saturated rings. The molecule has 6 heteroatoms. The largest absolute Gasteiger partial charge is 0.314 e. The number of para-hydroxylation sites is 1. The number of nitrogens with one attached hydrogen (secondary N) is 1. The van der Waals surface area contributed by atoms with Gasteiger partial charge in [0.25, 0.3) is 0 Å². The molecule has 2 heterocycles. The minimum Gasteiger partial charge on any atom is -0.314 e. The van der Waals surface area contributed by atoms with Crippen molar-refractivity contribution in [1.82, 2.24) is 30.4 Å². The van der Waals surface area contributed by atoms with Gasteiger partial charge in [-0.25, -0.2) is 0 Å². The van der Waals surface area contributed by atoms with E-state index in [-0.39, 0.29) is 0 Å². The highest BCUT2D eigenvalue weighted by Gasteiger charge is 2.20. The molecule has 1 aromatic heterocycles. The second-order valence-electron chi connectivity index (χ2n) is 4.87. The van der Waals surface area contributed by atoms with Crippen LogP contribution in [0, 0.1) is 0 Å². The van der Waals surface area contributed by atoms with E-state index in [4.69, 9.17) is 0 Å². The monoisotopic (exact) mass is 258 g/mol. The Morgan fingerprint density at radius 1 is 1.32 bits per heavy atom. The van der Waals surface area contributed by atoms with Gasteiger partial charge in [0.1, 0.15) is 0 Å². The number of nitrogens with zero attached hydrogens (tertiary/aromatic N) is 5. The maximum absolute atomic E-state index is 4.16. The van der Waals surface area contributed by atoms with Crippen LogP contribution in [0.15, 0.2) is 30.3 Å². The Labute approximate surface area is 112 Å². The van der Waals surface area contributed by atoms with E-state index in [0.29, 0.717) is 6.04 Å². The highest BCUT2D eigenvalue weighted by Crippen LogP contribution is 2.11. The third-order valence-corrected chi connectivity index (χ3v) is 3.52. The lowest BCUT2D eigenvalue weighted by molar-refractivity contribution is 0.160. The summed E-state index contributed by atoms with van der Waals surface area (Å²) in [5.74, 6) is 0.889. The summed E-state index contributed by atoms with van der Waals surface area (Å²) in [6.07, 6.45) is 0. The number of benzene rings is 1. The molecule has 0 aliphatic carbocycles. The van der Waals surface area contributed by atoms with E-state index in [2.05, 4.69) is 32.7 Å². The molecule has 2 aromatic rings. The highest BCUT2D eigenvalue weighted by atomic mass is 15.5. The van der Waals surface area contributed by atoms with Gasteiger partial charge in [-0.2, -0.15) is 4.68 Å². The van der Waals surface area contributed by atoms with Gasteiger partial charge < -0.3 is 5.32 Å². The lowest BCUT2D eigenvalue weighted by Crippen LogP contribution is -2.49. The van der Waals surface area contributed by atoms with Crippen molar-refractivity contribution in [3.8, 4) is 5.69 Å². The quantitative estimate of drug-likeness (QED) is 0.866. The second kappa shape index (κ2) is 5.46. The van der Waals surface area contributed by atoms with Crippen LogP contribution < -0.4 is 5.32 Å². The average molecular weight is 258 g/mol. The van der Waals surface area contributed by atoms with Crippen LogP contribution in [0.5, 0.6) is 0 Å². The summed E-state index contributed by atoms with van der Waals surface area (Å²) in [4.78, 5) is 2.40. The molecule has 1 atom stereocenters. The molecular weight excluding hydrogens is 240 g/mol. The summed E-state index contributed by atoms with van der Waals surface area (Å²) < 4.78 is 1.81. The minimum absolute atomic E-state index is 0.509. The van der Waals surface area contributed by atoms with Gasteiger partial charge in [0.05, 0.1) is 12.2 Å². The number of piperazine rings is 1. The molecule has 0 saturated carbocycles. The van der Waals surface area contributed by atoms with Crippen molar-refractivity contribution in [2.24, 2.45) is 0 Å². The highest BCUT2D eigenvalue weighted by molar-refractivity contribution is 5.30. The maximum Gasteiger partial charge on any atom is 0.170 e. The Hall–Kier alpha value is -1.79. The van der Waals surface area contributed by atoms with Crippen LogP contribution in [0.4, 0.5) is 0 Å². The molecule has 0 bridgehead atoms. The Morgan fingerprint density at radius 2 is 2.16 bits per heavy atom. The number of hydrogen-bond donors (Lipinski definition) is 1. The summed E-state index contributed by atoms with van der Waals surface area (Å²) >= 11 is 0. The fourth-order valence-corrected chi connectivity index (χ4v) is 2.37. The van der Waals surface area contributed by atoms with E-state index in [9.17, 15) is 0 Å². The molecule has 0 spiro atoms. The Morgan fingerprint density at radius 3 is 2.95 bits per heavy atom. The normalized spacial score (nSPS) is 20.6. The van der Waals surface area contributed by atoms with Crippen molar-refractivity contribution in [1.29, 1.82) is 0 Å². The zero-order valence-electron chi connectivity index (χ0n) is 11.0. The summed E-state index contributed by atoms with van der Waals surface area (Å²) in [7, 11) is 0. The molecule has 100 valence electrons. The maximum atomic E-state index is 4.16. The van der Waals surface area contributed by atoms with Gasteiger partial charge in [0, 0.05) is 25.7 Å². The van der Waals surface area contributed by atoms with Crippen molar-refractivity contribution in [2.45, 2.75) is 19.5 Å². The van der Waals surface area contributed by atoms with E-state index in [0.717, 1.165) is 37.7 Å². The molecule has 19 heavy (non-hydrogen) atoms. The molecule has 1 aliphatic heterocycles. The molecule has 1 unspecified atom stereocenters. The van der Waals surface area contributed by atoms with E-state index in [1.165, 1.54) is 0 Å². The van der Waals surface area contributed by atoms with Crippen LogP contribution in [-0.2, 0) is 6.54 Å². The van der Waals surface area contributed by atoms with Crippen molar-refractivity contribution in [2.75, 3.05) is 19.6 Å². The molecule has 6 nitrogen and oxygen atoms in total. The van der Waals surface area contributed by atoms with Crippen molar-refractivity contribution >= 4 is 0 Å². The molecular formula is C13H18N6. The fraction of sp³-hybridized carbons (Fsp3) is 0.462. The smallest absolute Gasteiger partial charge is 0.170 e. The topological polar surface area (TPSA) is 58.9 Å². The van der Waals surface area contributed by atoms with Gasteiger partial charge in [-0.05, 0) is 29.5 Å². The van der Waals surface area contributed by atoms with Gasteiger partial charge >= 0.3 is 0 Å². The third kappa shape index (κ3) is 2.64. The SMILES string of the molecule is CC1CNCCN1Cc1nnnn1-c1ccccc1. The van der Waals surface area contributed by atoms with Crippen molar-refractivity contribution in [3.05, 3.63) is 36.2 Å². The van der Waals surface area contributed by atoms with E-state index in [1.54, 1.807) is 0 Å². The summed E-state index contributed by atoms with van der Waals surface area (Å²) in [5.41, 5.74) is 1.00. The van der Waals surface area contributed by atoms with Gasteiger partial charge in [0.15, 0.2) is 5.82 Å². The average Bonchev–Trinajstić information content (AvgIpc) is 2.91. The standard InChI is InChI=1S/C13H18N6/c1-11-9-14-7-8-18(11)10-13-15-16-17-19(13)12-5-3-2-4-6-12/h2-6,11,14H,7-10H2,1H3. The van der Waals surface area contributed by atoms with Crippen LogP contribution in [0.3, 0.4) is 0 Å². The van der Waals surface area contributed by atoms with Crippen molar-refractivity contribution < 1.29 is 0 Å². The van der Waals surface area contributed by atoms with Gasteiger partial charge in [0.2, 0.25) is 0 Å².